The van der Waals surface area contributed by atoms with Crippen molar-refractivity contribution >= 4 is 23.2 Å². The van der Waals surface area contributed by atoms with Gasteiger partial charge >= 0.3 is 0 Å². The lowest BCUT2D eigenvalue weighted by atomic mass is 9.73. The van der Waals surface area contributed by atoms with E-state index in [9.17, 15) is 9.59 Å². The number of amides is 2. The molecular weight excluding hydrogens is 344 g/mol. The highest BCUT2D eigenvalue weighted by atomic mass is 16.5. The molecule has 2 aromatic rings. The largest absolute Gasteiger partial charge is 0.470 e. The first-order chi connectivity index (χ1) is 13.2. The van der Waals surface area contributed by atoms with Crippen molar-refractivity contribution in [1.29, 1.82) is 0 Å². The van der Waals surface area contributed by atoms with Crippen molar-refractivity contribution in [3.63, 3.8) is 0 Å². The first kappa shape index (κ1) is 16.6. The number of ether oxygens (including phenoxy) is 1. The molecule has 5 rings (SSSR count). The molecule has 0 radical (unpaired) electrons. The van der Waals surface area contributed by atoms with Crippen molar-refractivity contribution in [3.8, 4) is 0 Å². The molecule has 2 fully saturated rings. The number of likely N-dealkylation sites (tertiary alicyclic amines) is 1. The molecule has 3 aliphatic heterocycles. The first-order valence-electron chi connectivity index (χ1n) is 9.57. The molecule has 140 valence electrons. The fraction of sp³-hybridized carbons (Fsp3) is 0.429. The van der Waals surface area contributed by atoms with E-state index in [1.54, 1.807) is 17.4 Å². The van der Waals surface area contributed by atoms with Gasteiger partial charge in [-0.1, -0.05) is 18.2 Å². The summed E-state index contributed by atoms with van der Waals surface area (Å²) in [6.45, 7) is 1.83. The van der Waals surface area contributed by atoms with Crippen LogP contribution in [0.3, 0.4) is 0 Å². The van der Waals surface area contributed by atoms with Crippen LogP contribution in [-0.2, 0) is 19.7 Å². The lowest BCUT2D eigenvalue weighted by molar-refractivity contribution is -0.144. The summed E-state index contributed by atoms with van der Waals surface area (Å²) in [5.74, 6) is 0.155. The van der Waals surface area contributed by atoms with E-state index < -0.39 is 5.41 Å². The van der Waals surface area contributed by atoms with Gasteiger partial charge in [-0.05, 0) is 37.3 Å². The van der Waals surface area contributed by atoms with E-state index in [1.165, 1.54) is 0 Å². The minimum atomic E-state index is -0.568. The van der Waals surface area contributed by atoms with Crippen molar-refractivity contribution in [1.82, 2.24) is 4.90 Å². The third kappa shape index (κ3) is 2.43. The van der Waals surface area contributed by atoms with Crippen LogP contribution in [0, 0.1) is 0 Å². The van der Waals surface area contributed by atoms with Gasteiger partial charge in [-0.15, -0.1) is 0 Å². The summed E-state index contributed by atoms with van der Waals surface area (Å²) in [5.41, 5.74) is 2.16. The van der Waals surface area contributed by atoms with Crippen LogP contribution >= 0.6 is 0 Å². The molecule has 2 saturated heterocycles. The Morgan fingerprint density at radius 1 is 1.15 bits per heavy atom. The lowest BCUT2D eigenvalue weighted by Crippen LogP contribution is -2.51. The molecule has 27 heavy (non-hydrogen) atoms. The number of furan rings is 1. The minimum Gasteiger partial charge on any atom is -0.470 e. The summed E-state index contributed by atoms with van der Waals surface area (Å²) in [6, 6.07) is 9.78. The van der Waals surface area contributed by atoms with E-state index in [0.717, 1.165) is 29.8 Å². The first-order valence-corrected chi connectivity index (χ1v) is 9.57. The number of benzene rings is 1. The third-order valence-corrected chi connectivity index (χ3v) is 6.17. The quantitative estimate of drug-likeness (QED) is 0.820. The van der Waals surface area contributed by atoms with Crippen LogP contribution < -0.4 is 4.90 Å². The lowest BCUT2D eigenvalue weighted by Gasteiger charge is -2.39. The number of nitrogens with zero attached hydrogens (tertiary/aromatic N) is 2. The highest BCUT2D eigenvalue weighted by Gasteiger charge is 2.53. The third-order valence-electron chi connectivity index (χ3n) is 6.17. The number of anilines is 2. The molecule has 0 N–H and O–H groups in total. The maximum atomic E-state index is 13.5. The second-order valence-corrected chi connectivity index (χ2v) is 7.55. The molecule has 1 atom stereocenters. The summed E-state index contributed by atoms with van der Waals surface area (Å²) in [6.07, 6.45) is 5.90. The van der Waals surface area contributed by atoms with Gasteiger partial charge in [0.2, 0.25) is 5.91 Å². The molecular formula is C21H22N2O4. The number of fused-ring (bicyclic) bond motifs is 2. The molecule has 4 heterocycles. The number of piperidine rings is 1. The number of carbonyl (C=O) groups excluding carboxylic acids is 2. The van der Waals surface area contributed by atoms with E-state index in [4.69, 9.17) is 9.15 Å². The monoisotopic (exact) mass is 366 g/mol. The van der Waals surface area contributed by atoms with Crippen molar-refractivity contribution in [2.45, 2.75) is 37.2 Å². The average Bonchev–Trinajstić information content (AvgIpc) is 3.45. The Kier molecular flexibility index (Phi) is 3.82. The second-order valence-electron chi connectivity index (χ2n) is 7.55. The predicted octanol–water partition coefficient (Wildman–Crippen LogP) is 3.00. The highest BCUT2D eigenvalue weighted by Crippen LogP contribution is 2.50. The number of hydrogen-bond acceptors (Lipinski definition) is 4. The van der Waals surface area contributed by atoms with Gasteiger partial charge in [-0.2, -0.15) is 0 Å². The van der Waals surface area contributed by atoms with Crippen LogP contribution in [0.5, 0.6) is 0 Å². The van der Waals surface area contributed by atoms with Gasteiger partial charge in [0.1, 0.15) is 12.4 Å². The molecule has 3 aliphatic rings. The summed E-state index contributed by atoms with van der Waals surface area (Å²) in [5, 5.41) is 0. The maximum absolute atomic E-state index is 13.5. The summed E-state index contributed by atoms with van der Waals surface area (Å²) < 4.78 is 10.8. The standard InChI is InChI=1S/C21H22N2O4/c24-19(18-6-3-12-27-18)22-10-8-21(9-11-22)16-4-1-2-5-17(16)23(20(21)25)15-7-13-26-14-15/h1-2,4-5,7,13-14,18H,3,6,8-12H2/t18-/m0/s1. The van der Waals surface area contributed by atoms with Gasteiger partial charge in [0.15, 0.2) is 0 Å². The number of para-hydroxylation sites is 1. The Labute approximate surface area is 157 Å². The van der Waals surface area contributed by atoms with Crippen molar-refractivity contribution < 1.29 is 18.7 Å². The Hall–Kier alpha value is -2.60. The normalized spacial score (nSPS) is 23.9. The van der Waals surface area contributed by atoms with E-state index in [1.807, 2.05) is 35.2 Å². The Balaban J connectivity index is 1.43. The molecule has 2 amide bonds. The van der Waals surface area contributed by atoms with Crippen LogP contribution in [-0.4, -0.2) is 42.5 Å². The highest BCUT2D eigenvalue weighted by molar-refractivity contribution is 6.13. The Morgan fingerprint density at radius 2 is 1.96 bits per heavy atom. The van der Waals surface area contributed by atoms with Crippen molar-refractivity contribution in [2.24, 2.45) is 0 Å². The van der Waals surface area contributed by atoms with Crippen LogP contribution in [0.25, 0.3) is 0 Å². The SMILES string of the molecule is O=C([C@@H]1CCCO1)N1CCC2(CC1)C(=O)N(c1ccoc1)c1ccccc12. The molecule has 0 bridgehead atoms. The molecule has 1 aromatic carbocycles. The van der Waals surface area contributed by atoms with E-state index in [-0.39, 0.29) is 17.9 Å². The molecule has 1 aromatic heterocycles. The molecule has 0 unspecified atom stereocenters. The van der Waals surface area contributed by atoms with Gasteiger partial charge in [-0.25, -0.2) is 0 Å². The van der Waals surface area contributed by atoms with Gasteiger partial charge in [-0.3, -0.25) is 14.5 Å². The smallest absolute Gasteiger partial charge is 0.251 e. The second kappa shape index (κ2) is 6.23. The zero-order chi connectivity index (χ0) is 18.4. The fourth-order valence-electron chi connectivity index (χ4n) is 4.72. The minimum absolute atomic E-state index is 0.0766. The number of hydrogen-bond donors (Lipinski definition) is 0. The molecule has 0 saturated carbocycles. The van der Waals surface area contributed by atoms with Crippen molar-refractivity contribution in [2.75, 3.05) is 24.6 Å². The van der Waals surface area contributed by atoms with Crippen LogP contribution in [0.1, 0.15) is 31.2 Å². The molecule has 6 nitrogen and oxygen atoms in total. The Morgan fingerprint density at radius 3 is 2.67 bits per heavy atom. The summed E-state index contributed by atoms with van der Waals surface area (Å²) >= 11 is 0. The van der Waals surface area contributed by atoms with Gasteiger partial charge in [0.05, 0.1) is 23.1 Å². The fourth-order valence-corrected chi connectivity index (χ4v) is 4.72. The van der Waals surface area contributed by atoms with Gasteiger partial charge in [0, 0.05) is 25.8 Å². The Bertz CT molecular complexity index is 862. The predicted molar refractivity (Wildman–Crippen MR) is 98.8 cm³/mol. The van der Waals surface area contributed by atoms with E-state index >= 15 is 0 Å². The van der Waals surface area contributed by atoms with Crippen LogP contribution in [0.2, 0.25) is 0 Å². The molecule has 6 heteroatoms. The van der Waals surface area contributed by atoms with Gasteiger partial charge in [0.25, 0.3) is 5.91 Å². The van der Waals surface area contributed by atoms with E-state index in [2.05, 4.69) is 0 Å². The maximum Gasteiger partial charge on any atom is 0.251 e. The summed E-state index contributed by atoms with van der Waals surface area (Å²) in [7, 11) is 0. The van der Waals surface area contributed by atoms with E-state index in [0.29, 0.717) is 32.5 Å². The van der Waals surface area contributed by atoms with Crippen LogP contribution in [0.4, 0.5) is 11.4 Å². The number of carbonyl (C=O) groups is 2. The molecule has 1 spiro atoms. The van der Waals surface area contributed by atoms with Crippen molar-refractivity contribution in [3.05, 3.63) is 48.4 Å². The summed E-state index contributed by atoms with van der Waals surface area (Å²) in [4.78, 5) is 29.8. The topological polar surface area (TPSA) is 63.0 Å². The van der Waals surface area contributed by atoms with Gasteiger partial charge < -0.3 is 14.1 Å². The zero-order valence-corrected chi connectivity index (χ0v) is 15.1. The average molecular weight is 366 g/mol. The number of rotatable bonds is 2. The molecule has 0 aliphatic carbocycles. The zero-order valence-electron chi connectivity index (χ0n) is 15.1. The van der Waals surface area contributed by atoms with Crippen LogP contribution in [0.15, 0.2) is 47.3 Å².